The lowest BCUT2D eigenvalue weighted by Gasteiger charge is -2.33. The Bertz CT molecular complexity index is 1180. The molecule has 0 aromatic carbocycles. The molecular weight excluding hydrogens is 617 g/mol. The predicted molar refractivity (Wildman–Crippen MR) is 196 cm³/mol. The predicted octanol–water partition coefficient (Wildman–Crippen LogP) is 8.20. The summed E-state index contributed by atoms with van der Waals surface area (Å²) in [5, 5.41) is 17.3. The summed E-state index contributed by atoms with van der Waals surface area (Å²) in [6.07, 6.45) is 34.8. The van der Waals surface area contributed by atoms with Crippen LogP contribution in [0.4, 0.5) is 4.79 Å². The van der Waals surface area contributed by atoms with Crippen molar-refractivity contribution in [3.8, 4) is 0 Å². The second-order valence-corrected chi connectivity index (χ2v) is 13.8. The highest BCUT2D eigenvalue weighted by Gasteiger charge is 2.32. The summed E-state index contributed by atoms with van der Waals surface area (Å²) >= 11 is 0. The number of carbonyl (C=O) groups is 3. The Morgan fingerprint density at radius 1 is 0.870 bits per heavy atom. The third-order valence-electron chi connectivity index (χ3n) is 6.44. The fourth-order valence-corrected chi connectivity index (χ4v) is 6.42. The number of carbonyl (C=O) groups excluding carboxylic acids is 2. The largest absolute Gasteiger partial charge is 0.465 e. The molecule has 252 valence electrons. The normalized spacial score (nSPS) is 13.1. The number of amides is 3. The smallest absolute Gasteiger partial charge is 0.404 e. The quantitative estimate of drug-likeness (QED) is 0.0498. The lowest BCUT2D eigenvalue weighted by atomic mass is 10.0. The van der Waals surface area contributed by atoms with Gasteiger partial charge < -0.3 is 21.1 Å². The van der Waals surface area contributed by atoms with Gasteiger partial charge in [0.15, 0.2) is 0 Å². The van der Waals surface area contributed by atoms with E-state index >= 15 is 0 Å². The first-order valence-electron chi connectivity index (χ1n) is 15.9. The Labute approximate surface area is 283 Å². The molecule has 1 rings (SSSR count). The fraction of sp³-hybridized carbons (Fsp3) is 0.444. The van der Waals surface area contributed by atoms with Crippen molar-refractivity contribution in [1.29, 1.82) is 0 Å². The monoisotopic (exact) mass is 668 g/mol. The molecule has 3 amide bonds. The lowest BCUT2D eigenvalue weighted by Crippen LogP contribution is -2.53. The fourth-order valence-electron chi connectivity index (χ4n) is 3.82. The maximum atomic E-state index is 12.7. The van der Waals surface area contributed by atoms with Crippen LogP contribution in [0.2, 0.25) is 0 Å². The van der Waals surface area contributed by atoms with Crippen LogP contribution in [-0.2, 0) is 4.79 Å². The Kier molecular flexibility index (Phi) is 23.5. The van der Waals surface area contributed by atoms with Crippen LogP contribution in [0, 0.1) is 0 Å². The van der Waals surface area contributed by atoms with Gasteiger partial charge in [-0.05, 0) is 70.9 Å². The van der Waals surface area contributed by atoms with Crippen LogP contribution in [0.5, 0.6) is 0 Å². The van der Waals surface area contributed by atoms with Crippen molar-refractivity contribution in [3.63, 3.8) is 0 Å². The van der Waals surface area contributed by atoms with Gasteiger partial charge in [-0.25, -0.2) is 4.79 Å². The van der Waals surface area contributed by atoms with Crippen molar-refractivity contribution in [1.82, 2.24) is 20.9 Å². The van der Waals surface area contributed by atoms with Crippen LogP contribution in [0.15, 0.2) is 97.4 Å². The van der Waals surface area contributed by atoms with E-state index in [2.05, 4.69) is 94.7 Å². The summed E-state index contributed by atoms with van der Waals surface area (Å²) < 4.78 is -0.495. The topological polar surface area (TPSA) is 120 Å². The van der Waals surface area contributed by atoms with E-state index in [1.165, 1.54) is 6.20 Å². The molecule has 0 aliphatic rings. The van der Waals surface area contributed by atoms with Crippen LogP contribution in [0.1, 0.15) is 82.5 Å². The van der Waals surface area contributed by atoms with E-state index in [9.17, 15) is 14.4 Å². The third kappa shape index (κ3) is 22.1. The first-order chi connectivity index (χ1) is 22.3. The number of rotatable bonds is 24. The second kappa shape index (κ2) is 26.7. The van der Waals surface area contributed by atoms with E-state index in [0.717, 1.165) is 38.5 Å². The van der Waals surface area contributed by atoms with E-state index < -0.39 is 16.9 Å². The van der Waals surface area contributed by atoms with Crippen molar-refractivity contribution < 1.29 is 19.5 Å². The van der Waals surface area contributed by atoms with E-state index in [1.807, 2.05) is 19.9 Å². The average Bonchev–Trinajstić information content (AvgIpc) is 3.04. The molecule has 0 spiro atoms. The van der Waals surface area contributed by atoms with Gasteiger partial charge in [0.1, 0.15) is 0 Å². The molecule has 0 saturated heterocycles. The number of carboxylic acid groups (broad SMARTS) is 1. The maximum absolute atomic E-state index is 12.7. The zero-order valence-electron chi connectivity index (χ0n) is 27.5. The minimum atomic E-state index is -1.15. The summed E-state index contributed by atoms with van der Waals surface area (Å²) in [7, 11) is 3.11. The Balaban J connectivity index is 2.19. The number of pyridine rings is 1. The van der Waals surface area contributed by atoms with Crippen LogP contribution in [0.3, 0.4) is 0 Å². The molecule has 1 heterocycles. The zero-order valence-corrected chi connectivity index (χ0v) is 29.2. The molecule has 10 heteroatoms. The number of hydrogen-bond acceptors (Lipinski definition) is 6. The van der Waals surface area contributed by atoms with Crippen molar-refractivity contribution in [2.24, 2.45) is 0 Å². The highest BCUT2D eigenvalue weighted by molar-refractivity contribution is 8.77. The van der Waals surface area contributed by atoms with Crippen molar-refractivity contribution in [2.45, 2.75) is 82.9 Å². The molecule has 1 aromatic heterocycles. The van der Waals surface area contributed by atoms with E-state index in [-0.39, 0.29) is 18.4 Å². The van der Waals surface area contributed by atoms with Gasteiger partial charge in [-0.3, -0.25) is 14.6 Å². The van der Waals surface area contributed by atoms with Gasteiger partial charge >= 0.3 is 6.09 Å². The molecular formula is C36H52N4O4S2. The number of allylic oxidation sites excluding steroid dienone is 12. The van der Waals surface area contributed by atoms with Crippen molar-refractivity contribution in [2.75, 3.05) is 18.8 Å². The minimum Gasteiger partial charge on any atom is -0.465 e. The molecule has 4 N–H and O–H groups in total. The highest BCUT2D eigenvalue weighted by Crippen LogP contribution is 2.38. The average molecular weight is 669 g/mol. The molecule has 0 saturated carbocycles. The first kappa shape index (κ1) is 40.5. The molecule has 1 atom stereocenters. The molecule has 0 aliphatic heterocycles. The van der Waals surface area contributed by atoms with Gasteiger partial charge in [0.2, 0.25) is 5.91 Å². The third-order valence-corrected chi connectivity index (χ3v) is 9.79. The Morgan fingerprint density at radius 3 is 1.96 bits per heavy atom. The van der Waals surface area contributed by atoms with Crippen LogP contribution in [-0.4, -0.2) is 57.6 Å². The molecule has 0 fully saturated rings. The van der Waals surface area contributed by atoms with E-state index in [0.29, 0.717) is 30.7 Å². The summed E-state index contributed by atoms with van der Waals surface area (Å²) in [5.74, 6) is 0.370. The summed E-state index contributed by atoms with van der Waals surface area (Å²) in [4.78, 5) is 39.9. The molecule has 1 aromatic rings. The summed E-state index contributed by atoms with van der Waals surface area (Å²) in [6, 6.07) is 2.86. The lowest BCUT2D eigenvalue weighted by molar-refractivity contribution is -0.120. The highest BCUT2D eigenvalue weighted by atomic mass is 33.1. The molecule has 8 nitrogen and oxygen atoms in total. The number of nitrogens with zero attached hydrogens (tertiary/aromatic N) is 1. The molecule has 0 unspecified atom stereocenters. The van der Waals surface area contributed by atoms with E-state index in [4.69, 9.17) is 5.11 Å². The minimum absolute atomic E-state index is 0.0108. The van der Waals surface area contributed by atoms with Crippen molar-refractivity contribution in [3.05, 3.63) is 103 Å². The summed E-state index contributed by atoms with van der Waals surface area (Å²) in [5.41, 5.74) is 0.406. The molecule has 0 radical (unpaired) electrons. The van der Waals surface area contributed by atoms with Gasteiger partial charge in [0, 0.05) is 42.4 Å². The molecule has 0 bridgehead atoms. The Morgan fingerprint density at radius 2 is 1.43 bits per heavy atom. The number of hydrogen-bond donors (Lipinski definition) is 4. The zero-order chi connectivity index (χ0) is 33.7. The van der Waals surface area contributed by atoms with Gasteiger partial charge in [0.25, 0.3) is 5.91 Å². The first-order valence-corrected chi connectivity index (χ1v) is 18.2. The molecule has 0 aliphatic carbocycles. The van der Waals surface area contributed by atoms with Gasteiger partial charge in [-0.2, -0.15) is 0 Å². The van der Waals surface area contributed by atoms with Crippen molar-refractivity contribution >= 4 is 39.5 Å². The van der Waals surface area contributed by atoms with E-state index in [1.54, 1.807) is 39.9 Å². The number of nitrogens with one attached hydrogen (secondary N) is 3. The second-order valence-electron chi connectivity index (χ2n) is 10.8. The Hall–Kier alpha value is -3.50. The summed E-state index contributed by atoms with van der Waals surface area (Å²) in [6.45, 7) is 6.63. The maximum Gasteiger partial charge on any atom is 0.404 e. The number of aromatic nitrogens is 1. The van der Waals surface area contributed by atoms with Gasteiger partial charge in [-0.1, -0.05) is 101 Å². The standard InChI is InChI=1S/C36H52N4O4S2/c1-4-5-6-7-8-9-10-11-12-13-14-15-16-17-18-19-20-21-22-25-33(41)38-27-28-45-46-36(2,3)32(30-39-35(43)44)40-34(42)31-24-23-26-37-29-31/h5-6,8-9,11-12,14-15,17-18,20-21,23-24,26,29,32,39H,4,7,10,13,16,19,22,25,27-28,30H2,1-3H3,(H,38,41)(H,40,42)(H,43,44)/b6-5-,9-8-,12-11-,15-14-,18-17-,21-20-/t32-/m1/s1. The van der Waals surface area contributed by atoms with Gasteiger partial charge in [-0.15, -0.1) is 0 Å². The van der Waals surface area contributed by atoms with Crippen LogP contribution in [0.25, 0.3) is 0 Å². The molecule has 46 heavy (non-hydrogen) atoms. The van der Waals surface area contributed by atoms with Crippen LogP contribution < -0.4 is 16.0 Å². The SMILES string of the molecule is CC/C=C\C/C=C\C/C=C\C/C=C\C/C=C\C/C=C\CCC(=O)NCCSSC(C)(C)[C@@H](CNC(=O)O)NC(=O)c1cccnc1. The van der Waals surface area contributed by atoms with Crippen LogP contribution >= 0.6 is 21.6 Å². The van der Waals surface area contributed by atoms with Gasteiger partial charge in [0.05, 0.1) is 11.6 Å².